The van der Waals surface area contributed by atoms with Crippen molar-refractivity contribution in [2.75, 3.05) is 26.2 Å². The standard InChI is InChI=1S/C29H37BrN2O2/c1-3-20(4-2)26-17-22(21-9-6-5-7-10-21)13-15-32(26)28(33)24-18-31-19-29(24)14-16-34-27-23(29)11-8-12-25(27)30/h5-12,20,22,24,26,31H,3-4,13-19H2,1-2H3/t22-,24+,26+,29+/m1/s1. The molecular formula is C29H37BrN2O2. The van der Waals surface area contributed by atoms with E-state index in [1.165, 1.54) is 11.1 Å². The average molecular weight is 526 g/mol. The van der Waals surface area contributed by atoms with Crippen LogP contribution in [0.3, 0.4) is 0 Å². The molecule has 0 saturated carbocycles. The zero-order valence-electron chi connectivity index (χ0n) is 20.4. The van der Waals surface area contributed by atoms with E-state index in [2.05, 4.69) is 82.5 Å². The zero-order valence-corrected chi connectivity index (χ0v) is 22.0. The minimum Gasteiger partial charge on any atom is -0.492 e. The molecule has 182 valence electrons. The number of carbonyl (C=O) groups excluding carboxylic acids is 1. The number of hydrogen-bond donors (Lipinski definition) is 1. The monoisotopic (exact) mass is 524 g/mol. The zero-order chi connectivity index (χ0) is 23.7. The maximum absolute atomic E-state index is 14.4. The Morgan fingerprint density at radius 2 is 1.97 bits per heavy atom. The van der Waals surface area contributed by atoms with Gasteiger partial charge in [0, 0.05) is 36.7 Å². The van der Waals surface area contributed by atoms with Gasteiger partial charge >= 0.3 is 0 Å². The molecule has 5 rings (SSSR count). The quantitative estimate of drug-likeness (QED) is 0.529. The molecule has 1 spiro atoms. The van der Waals surface area contributed by atoms with Crippen LogP contribution in [-0.2, 0) is 10.2 Å². The summed E-state index contributed by atoms with van der Waals surface area (Å²) in [5.41, 5.74) is 2.42. The number of fused-ring (bicyclic) bond motifs is 2. The molecule has 2 saturated heterocycles. The average Bonchev–Trinajstić information content (AvgIpc) is 3.29. The van der Waals surface area contributed by atoms with E-state index >= 15 is 0 Å². The van der Waals surface area contributed by atoms with Gasteiger partial charge in [-0.1, -0.05) is 69.2 Å². The SMILES string of the molecule is CCC(CC)[C@@H]1C[C@H](c2ccccc2)CCN1C(=O)[C@@H]1CNC[C@]12CCOc1c(Br)cccc12. The van der Waals surface area contributed by atoms with Crippen molar-refractivity contribution in [2.45, 2.75) is 63.3 Å². The third kappa shape index (κ3) is 4.09. The molecule has 5 heteroatoms. The van der Waals surface area contributed by atoms with E-state index in [4.69, 9.17) is 4.74 Å². The fourth-order valence-electron chi connectivity index (χ4n) is 6.92. The van der Waals surface area contributed by atoms with Crippen LogP contribution in [0.2, 0.25) is 0 Å². The van der Waals surface area contributed by atoms with Crippen molar-refractivity contribution in [3.63, 3.8) is 0 Å². The van der Waals surface area contributed by atoms with Crippen molar-refractivity contribution in [3.05, 3.63) is 64.1 Å². The van der Waals surface area contributed by atoms with E-state index in [-0.39, 0.29) is 11.3 Å². The molecule has 1 N–H and O–H groups in total. The Bertz CT molecular complexity index is 1010. The van der Waals surface area contributed by atoms with Crippen LogP contribution in [0.15, 0.2) is 53.0 Å². The first-order chi connectivity index (χ1) is 16.6. The summed E-state index contributed by atoms with van der Waals surface area (Å²) in [7, 11) is 0. The summed E-state index contributed by atoms with van der Waals surface area (Å²) in [6, 6.07) is 17.5. The number of nitrogens with one attached hydrogen (secondary N) is 1. The van der Waals surface area contributed by atoms with Crippen LogP contribution in [0.4, 0.5) is 0 Å². The number of likely N-dealkylation sites (tertiary alicyclic amines) is 1. The van der Waals surface area contributed by atoms with Gasteiger partial charge in [-0.15, -0.1) is 0 Å². The van der Waals surface area contributed by atoms with E-state index in [1.807, 2.05) is 6.07 Å². The number of ether oxygens (including phenoxy) is 1. The lowest BCUT2D eigenvalue weighted by atomic mass is 9.68. The van der Waals surface area contributed by atoms with Crippen molar-refractivity contribution in [3.8, 4) is 5.75 Å². The lowest BCUT2D eigenvalue weighted by molar-refractivity contribution is -0.142. The molecular weight excluding hydrogens is 488 g/mol. The molecule has 0 radical (unpaired) electrons. The molecule has 0 aliphatic carbocycles. The smallest absolute Gasteiger partial charge is 0.228 e. The second kappa shape index (κ2) is 10.0. The van der Waals surface area contributed by atoms with E-state index in [1.54, 1.807) is 0 Å². The van der Waals surface area contributed by atoms with Gasteiger partial charge in [0.2, 0.25) is 5.91 Å². The van der Waals surface area contributed by atoms with Crippen LogP contribution in [0.25, 0.3) is 0 Å². The number of piperidine rings is 1. The summed E-state index contributed by atoms with van der Waals surface area (Å²) < 4.78 is 7.06. The van der Waals surface area contributed by atoms with Gasteiger partial charge in [-0.3, -0.25) is 4.79 Å². The van der Waals surface area contributed by atoms with Crippen molar-refractivity contribution in [1.29, 1.82) is 0 Å². The summed E-state index contributed by atoms with van der Waals surface area (Å²) in [6.07, 6.45) is 5.23. The molecule has 4 nitrogen and oxygen atoms in total. The highest BCUT2D eigenvalue weighted by Crippen LogP contribution is 2.49. The second-order valence-corrected chi connectivity index (χ2v) is 11.2. The molecule has 3 aliphatic rings. The van der Waals surface area contributed by atoms with Gasteiger partial charge in [0.1, 0.15) is 5.75 Å². The molecule has 0 bridgehead atoms. The van der Waals surface area contributed by atoms with Crippen LogP contribution in [0.1, 0.15) is 63.0 Å². The topological polar surface area (TPSA) is 41.6 Å². The normalized spacial score (nSPS) is 28.7. The van der Waals surface area contributed by atoms with Gasteiger partial charge in [-0.2, -0.15) is 0 Å². The number of rotatable bonds is 5. The summed E-state index contributed by atoms with van der Waals surface area (Å²) in [6.45, 7) is 7.67. The number of benzene rings is 2. The third-order valence-corrected chi connectivity index (χ3v) is 9.47. The van der Waals surface area contributed by atoms with E-state index < -0.39 is 0 Å². The van der Waals surface area contributed by atoms with Gasteiger partial charge in [0.15, 0.2) is 0 Å². The number of halogens is 1. The van der Waals surface area contributed by atoms with Crippen molar-refractivity contribution >= 4 is 21.8 Å². The Balaban J connectivity index is 1.46. The first-order valence-corrected chi connectivity index (χ1v) is 13.9. The molecule has 2 fully saturated rings. The Morgan fingerprint density at radius 3 is 2.74 bits per heavy atom. The predicted molar refractivity (Wildman–Crippen MR) is 140 cm³/mol. The maximum atomic E-state index is 14.4. The molecule has 2 aromatic carbocycles. The number of para-hydroxylation sites is 1. The molecule has 34 heavy (non-hydrogen) atoms. The number of amides is 1. The first kappa shape index (κ1) is 23.9. The van der Waals surface area contributed by atoms with Crippen LogP contribution < -0.4 is 10.1 Å². The fraction of sp³-hybridized carbons (Fsp3) is 0.552. The minimum atomic E-state index is -0.191. The second-order valence-electron chi connectivity index (χ2n) is 10.4. The van der Waals surface area contributed by atoms with Crippen molar-refractivity contribution in [1.82, 2.24) is 10.2 Å². The van der Waals surface area contributed by atoms with E-state index in [0.717, 1.165) is 62.0 Å². The molecule has 3 aliphatic heterocycles. The molecule has 3 heterocycles. The molecule has 1 amide bonds. The van der Waals surface area contributed by atoms with Crippen molar-refractivity contribution in [2.24, 2.45) is 11.8 Å². The largest absolute Gasteiger partial charge is 0.492 e. The lowest BCUT2D eigenvalue weighted by Crippen LogP contribution is -2.55. The van der Waals surface area contributed by atoms with E-state index in [0.29, 0.717) is 30.4 Å². The van der Waals surface area contributed by atoms with Gasteiger partial charge in [-0.25, -0.2) is 0 Å². The third-order valence-electron chi connectivity index (χ3n) is 8.84. The Kier molecular flexibility index (Phi) is 7.04. The Labute approximate surface area is 212 Å². The summed E-state index contributed by atoms with van der Waals surface area (Å²) >= 11 is 3.68. The van der Waals surface area contributed by atoms with Crippen LogP contribution in [0, 0.1) is 11.8 Å². The number of carbonyl (C=O) groups is 1. The Morgan fingerprint density at radius 1 is 1.18 bits per heavy atom. The van der Waals surface area contributed by atoms with Gasteiger partial charge in [0.05, 0.1) is 17.0 Å². The van der Waals surface area contributed by atoms with Crippen LogP contribution >= 0.6 is 15.9 Å². The van der Waals surface area contributed by atoms with Gasteiger partial charge in [0.25, 0.3) is 0 Å². The Hall–Kier alpha value is -1.85. The molecule has 0 unspecified atom stereocenters. The minimum absolute atomic E-state index is 0.0467. The molecule has 4 atom stereocenters. The molecule has 0 aromatic heterocycles. The van der Waals surface area contributed by atoms with Crippen LogP contribution in [0.5, 0.6) is 5.75 Å². The molecule has 2 aromatic rings. The first-order valence-electron chi connectivity index (χ1n) is 13.1. The maximum Gasteiger partial charge on any atom is 0.228 e. The summed E-state index contributed by atoms with van der Waals surface area (Å²) in [5.74, 6) is 2.30. The van der Waals surface area contributed by atoms with Crippen molar-refractivity contribution < 1.29 is 9.53 Å². The highest BCUT2D eigenvalue weighted by Gasteiger charge is 2.53. The predicted octanol–water partition coefficient (Wildman–Crippen LogP) is 5.90. The number of nitrogens with zero attached hydrogens (tertiary/aromatic N) is 1. The summed E-state index contributed by atoms with van der Waals surface area (Å²) in [4.78, 5) is 16.7. The lowest BCUT2D eigenvalue weighted by Gasteiger charge is -2.47. The van der Waals surface area contributed by atoms with E-state index in [9.17, 15) is 4.79 Å². The van der Waals surface area contributed by atoms with Crippen LogP contribution in [-0.4, -0.2) is 43.1 Å². The van der Waals surface area contributed by atoms with Gasteiger partial charge < -0.3 is 15.0 Å². The highest BCUT2D eigenvalue weighted by molar-refractivity contribution is 9.10. The summed E-state index contributed by atoms with van der Waals surface area (Å²) in [5, 5.41) is 3.60. The van der Waals surface area contributed by atoms with Gasteiger partial charge in [-0.05, 0) is 58.7 Å². The highest BCUT2D eigenvalue weighted by atomic mass is 79.9. The fourth-order valence-corrected chi connectivity index (χ4v) is 7.40. The number of hydrogen-bond acceptors (Lipinski definition) is 3.